The molecule has 1 saturated heterocycles. The molecule has 4 atom stereocenters. The van der Waals surface area contributed by atoms with E-state index in [2.05, 4.69) is 12.2 Å². The van der Waals surface area contributed by atoms with Crippen molar-refractivity contribution in [3.05, 3.63) is 23.3 Å². The molecule has 1 amide bonds. The summed E-state index contributed by atoms with van der Waals surface area (Å²) in [6.07, 6.45) is 13.4. The summed E-state index contributed by atoms with van der Waals surface area (Å²) >= 11 is 0. The second-order valence-electron chi connectivity index (χ2n) is 8.58. The summed E-state index contributed by atoms with van der Waals surface area (Å²) in [6, 6.07) is 0.359. The van der Waals surface area contributed by atoms with Crippen molar-refractivity contribution in [2.24, 2.45) is 5.92 Å². The van der Waals surface area contributed by atoms with Crippen molar-refractivity contribution in [3.8, 4) is 11.8 Å². The van der Waals surface area contributed by atoms with Gasteiger partial charge in [0.1, 0.15) is 6.54 Å². The van der Waals surface area contributed by atoms with Gasteiger partial charge in [-0.05, 0) is 44.4 Å². The van der Waals surface area contributed by atoms with Crippen LogP contribution in [0.15, 0.2) is 12.2 Å². The first-order chi connectivity index (χ1) is 12.6. The molecule has 1 saturated carbocycles. The molecular formula is C21H28N2O3. The minimum Gasteiger partial charge on any atom is -0.494 e. The second kappa shape index (κ2) is 6.07. The Hall–Kier alpha value is -1.91. The molecular weight excluding hydrogens is 328 g/mol. The third-order valence-electron chi connectivity index (χ3n) is 7.25. The molecule has 0 spiro atoms. The highest BCUT2D eigenvalue weighted by molar-refractivity contribution is 5.77. The van der Waals surface area contributed by atoms with Crippen molar-refractivity contribution in [1.82, 2.24) is 9.47 Å². The molecule has 6 rings (SSSR count). The summed E-state index contributed by atoms with van der Waals surface area (Å²) in [5, 5.41) is 21.5. The van der Waals surface area contributed by atoms with Gasteiger partial charge in [-0.1, -0.05) is 25.0 Å². The van der Waals surface area contributed by atoms with E-state index in [9.17, 15) is 15.0 Å². The van der Waals surface area contributed by atoms with E-state index in [-0.39, 0.29) is 36.0 Å². The number of hydrogen-bond acceptors (Lipinski definition) is 3. The van der Waals surface area contributed by atoms with Crippen LogP contribution in [-0.2, 0) is 11.3 Å². The van der Waals surface area contributed by atoms with Crippen molar-refractivity contribution in [1.29, 1.82) is 0 Å². The second-order valence-corrected chi connectivity index (χ2v) is 8.58. The van der Waals surface area contributed by atoms with Gasteiger partial charge in [0.15, 0.2) is 11.8 Å². The molecule has 5 aliphatic rings. The number of piperidine rings is 1. The lowest BCUT2D eigenvalue weighted by molar-refractivity contribution is -0.138. The van der Waals surface area contributed by atoms with Gasteiger partial charge in [0.2, 0.25) is 5.91 Å². The van der Waals surface area contributed by atoms with E-state index in [0.717, 1.165) is 43.4 Å². The predicted octanol–water partition coefficient (Wildman–Crippen LogP) is 3.61. The molecule has 140 valence electrons. The minimum atomic E-state index is 0.0415. The highest BCUT2D eigenvalue weighted by atomic mass is 16.3. The van der Waals surface area contributed by atoms with Crippen molar-refractivity contribution in [3.63, 3.8) is 0 Å². The van der Waals surface area contributed by atoms with Crippen LogP contribution in [0.25, 0.3) is 0 Å². The fourth-order valence-corrected chi connectivity index (χ4v) is 5.97. The van der Waals surface area contributed by atoms with Crippen molar-refractivity contribution < 1.29 is 15.0 Å². The quantitative estimate of drug-likeness (QED) is 0.796. The maximum atomic E-state index is 13.1. The first kappa shape index (κ1) is 16.3. The van der Waals surface area contributed by atoms with Crippen LogP contribution in [-0.4, -0.2) is 38.2 Å². The molecule has 2 fully saturated rings. The van der Waals surface area contributed by atoms with Crippen LogP contribution in [0.3, 0.4) is 0 Å². The number of hydrogen-bond donors (Lipinski definition) is 2. The van der Waals surface area contributed by atoms with Crippen molar-refractivity contribution >= 4 is 5.91 Å². The number of rotatable bonds is 2. The maximum absolute atomic E-state index is 13.1. The van der Waals surface area contributed by atoms with E-state index in [0.29, 0.717) is 12.0 Å². The van der Waals surface area contributed by atoms with Crippen LogP contribution >= 0.6 is 0 Å². The maximum Gasteiger partial charge on any atom is 0.243 e. The number of carbonyl (C=O) groups is 1. The molecule has 4 aliphatic carbocycles. The number of carbonyl (C=O) groups excluding carboxylic acids is 1. The van der Waals surface area contributed by atoms with Crippen LogP contribution in [0.1, 0.15) is 74.3 Å². The van der Waals surface area contributed by atoms with E-state index in [1.165, 1.54) is 30.3 Å². The monoisotopic (exact) mass is 356 g/mol. The first-order valence-corrected chi connectivity index (χ1v) is 10.3. The minimum absolute atomic E-state index is 0.0415. The lowest BCUT2D eigenvalue weighted by Gasteiger charge is -2.44. The zero-order valence-electron chi connectivity index (χ0n) is 15.2. The fraction of sp³-hybridized carbons (Fsp3) is 0.667. The standard InChI is InChI=1S/C21H28N2O3/c24-17(22-11-3-5-13-4-1-2-6-16(13)22)12-23-20(25)18-14-7-8-15(10-9-14)19(18)21(23)26/h7-8,13-16,25-26H,1-6,9-12H2. The van der Waals surface area contributed by atoms with Crippen molar-refractivity contribution in [2.75, 3.05) is 6.54 Å². The molecule has 4 unspecified atom stereocenters. The number of allylic oxidation sites excluding steroid dienone is 2. The van der Waals surface area contributed by atoms with Crippen LogP contribution in [0.5, 0.6) is 11.8 Å². The van der Waals surface area contributed by atoms with E-state index >= 15 is 0 Å². The van der Waals surface area contributed by atoms with Gasteiger partial charge in [-0.25, -0.2) is 0 Å². The van der Waals surface area contributed by atoms with Gasteiger partial charge in [0.25, 0.3) is 0 Å². The Bertz CT molecular complexity index is 726. The highest BCUT2D eigenvalue weighted by Gasteiger charge is 2.39. The molecule has 2 N–H and O–H groups in total. The average molecular weight is 356 g/mol. The molecule has 2 heterocycles. The number of likely N-dealkylation sites (tertiary alicyclic amines) is 1. The van der Waals surface area contributed by atoms with Gasteiger partial charge in [0, 0.05) is 35.5 Å². The smallest absolute Gasteiger partial charge is 0.243 e. The Labute approximate surface area is 154 Å². The summed E-state index contributed by atoms with van der Waals surface area (Å²) < 4.78 is 1.46. The molecule has 2 bridgehead atoms. The number of aromatic nitrogens is 1. The summed E-state index contributed by atoms with van der Waals surface area (Å²) in [7, 11) is 0. The lowest BCUT2D eigenvalue weighted by Crippen LogP contribution is -2.50. The third kappa shape index (κ3) is 2.32. The number of fused-ring (bicyclic) bond motifs is 2. The van der Waals surface area contributed by atoms with E-state index < -0.39 is 0 Å². The first-order valence-electron chi connectivity index (χ1n) is 10.3. The molecule has 5 nitrogen and oxygen atoms in total. The van der Waals surface area contributed by atoms with Crippen LogP contribution in [0.2, 0.25) is 0 Å². The topological polar surface area (TPSA) is 65.7 Å². The Morgan fingerprint density at radius 2 is 1.54 bits per heavy atom. The van der Waals surface area contributed by atoms with Gasteiger partial charge < -0.3 is 15.1 Å². The molecule has 26 heavy (non-hydrogen) atoms. The summed E-state index contributed by atoms with van der Waals surface area (Å²) in [5.74, 6) is 1.23. The highest BCUT2D eigenvalue weighted by Crippen LogP contribution is 2.53. The van der Waals surface area contributed by atoms with E-state index in [4.69, 9.17) is 0 Å². The van der Waals surface area contributed by atoms with Gasteiger partial charge in [-0.2, -0.15) is 0 Å². The van der Waals surface area contributed by atoms with Gasteiger partial charge in [-0.15, -0.1) is 0 Å². The zero-order chi connectivity index (χ0) is 17.8. The van der Waals surface area contributed by atoms with Gasteiger partial charge in [0.05, 0.1) is 0 Å². The normalized spacial score (nSPS) is 32.4. The summed E-state index contributed by atoms with van der Waals surface area (Å²) in [5.41, 5.74) is 1.70. The van der Waals surface area contributed by atoms with Crippen LogP contribution in [0, 0.1) is 5.92 Å². The third-order valence-corrected chi connectivity index (χ3v) is 7.25. The average Bonchev–Trinajstić information content (AvgIpc) is 2.95. The van der Waals surface area contributed by atoms with E-state index in [1.54, 1.807) is 0 Å². The molecule has 0 radical (unpaired) electrons. The largest absolute Gasteiger partial charge is 0.494 e. The SMILES string of the molecule is O=C(Cn1c(O)c2c(c1O)C1C=CC2CC1)N1CCCC2CCCCC21. The number of aromatic hydroxyl groups is 2. The van der Waals surface area contributed by atoms with Gasteiger partial charge >= 0.3 is 0 Å². The zero-order valence-corrected chi connectivity index (χ0v) is 15.2. The summed E-state index contributed by atoms with van der Waals surface area (Å²) in [4.78, 5) is 15.1. The Morgan fingerprint density at radius 1 is 0.923 bits per heavy atom. The fourth-order valence-electron chi connectivity index (χ4n) is 5.97. The molecule has 0 aromatic carbocycles. The van der Waals surface area contributed by atoms with E-state index in [1.807, 2.05) is 4.90 Å². The molecule has 1 aromatic rings. The molecule has 1 aromatic heterocycles. The molecule has 1 aliphatic heterocycles. The van der Waals surface area contributed by atoms with Gasteiger partial charge in [-0.3, -0.25) is 9.36 Å². The number of amides is 1. The summed E-state index contributed by atoms with van der Waals surface area (Å²) in [6.45, 7) is 0.864. The molecule has 5 heteroatoms. The Balaban J connectivity index is 1.42. The van der Waals surface area contributed by atoms with Crippen LogP contribution < -0.4 is 0 Å². The van der Waals surface area contributed by atoms with Crippen molar-refractivity contribution in [2.45, 2.75) is 75.8 Å². The van der Waals surface area contributed by atoms with Crippen LogP contribution in [0.4, 0.5) is 0 Å². The predicted molar refractivity (Wildman–Crippen MR) is 98.3 cm³/mol. The Kier molecular flexibility index (Phi) is 3.80. The lowest BCUT2D eigenvalue weighted by atomic mass is 9.73. The number of nitrogens with zero attached hydrogens (tertiary/aromatic N) is 2. The Morgan fingerprint density at radius 3 is 2.19 bits per heavy atom.